The van der Waals surface area contributed by atoms with Gasteiger partial charge in [-0.25, -0.2) is 4.98 Å². The van der Waals surface area contributed by atoms with Crippen LogP contribution in [0, 0.1) is 12.8 Å². The number of imidazole rings is 1. The summed E-state index contributed by atoms with van der Waals surface area (Å²) in [6.07, 6.45) is 4.96. The first kappa shape index (κ1) is 19.4. The number of carbonyl (C=O) groups is 1. The van der Waals surface area contributed by atoms with Crippen molar-refractivity contribution in [3.05, 3.63) is 48.0 Å². The van der Waals surface area contributed by atoms with Gasteiger partial charge in [0.25, 0.3) is 5.91 Å². The van der Waals surface area contributed by atoms with E-state index in [1.807, 2.05) is 36.7 Å². The van der Waals surface area contributed by atoms with Gasteiger partial charge in [0.05, 0.1) is 11.0 Å². The summed E-state index contributed by atoms with van der Waals surface area (Å²) in [5.41, 5.74) is 2.30. The standard InChI is InChI=1S/C22H27N5O2/c1-15-26-19-13-17(3-4-21(19)27(15)2)29-18-8-12-24-20(14-18)22(28)25-11-7-16-5-9-23-10-6-16/h3-4,8,12-14,16,23H,5-7,9-11H2,1-2H3,(H,25,28). The van der Waals surface area contributed by atoms with E-state index in [0.29, 0.717) is 29.7 Å². The molecule has 7 nitrogen and oxygen atoms in total. The van der Waals surface area contributed by atoms with E-state index in [1.165, 1.54) is 12.8 Å². The van der Waals surface area contributed by atoms with Gasteiger partial charge in [-0.05, 0) is 63.4 Å². The maximum Gasteiger partial charge on any atom is 0.270 e. The molecule has 2 aromatic heterocycles. The second-order valence-corrected chi connectivity index (χ2v) is 7.59. The van der Waals surface area contributed by atoms with Gasteiger partial charge in [-0.15, -0.1) is 0 Å². The molecule has 1 aliphatic heterocycles. The molecule has 0 spiro atoms. The molecule has 0 aliphatic carbocycles. The zero-order chi connectivity index (χ0) is 20.2. The minimum atomic E-state index is -0.166. The monoisotopic (exact) mass is 393 g/mol. The third-order valence-electron chi connectivity index (χ3n) is 5.57. The van der Waals surface area contributed by atoms with Crippen molar-refractivity contribution in [3.63, 3.8) is 0 Å². The molecule has 1 aromatic carbocycles. The second kappa shape index (κ2) is 8.61. The molecule has 29 heavy (non-hydrogen) atoms. The highest BCUT2D eigenvalue weighted by atomic mass is 16.5. The normalized spacial score (nSPS) is 14.8. The van der Waals surface area contributed by atoms with E-state index in [-0.39, 0.29) is 5.91 Å². The molecule has 3 heterocycles. The smallest absolute Gasteiger partial charge is 0.270 e. The molecule has 152 valence electrons. The van der Waals surface area contributed by atoms with E-state index < -0.39 is 0 Å². The molecule has 0 saturated carbocycles. The molecule has 7 heteroatoms. The topological polar surface area (TPSA) is 81.1 Å². The zero-order valence-corrected chi connectivity index (χ0v) is 16.9. The van der Waals surface area contributed by atoms with Gasteiger partial charge in [-0.1, -0.05) is 0 Å². The fraction of sp³-hybridized carbons (Fsp3) is 0.409. The summed E-state index contributed by atoms with van der Waals surface area (Å²) in [5, 5.41) is 6.34. The highest BCUT2D eigenvalue weighted by molar-refractivity contribution is 5.92. The van der Waals surface area contributed by atoms with Crippen LogP contribution in [-0.4, -0.2) is 40.1 Å². The van der Waals surface area contributed by atoms with Gasteiger partial charge in [0.1, 0.15) is 23.0 Å². The highest BCUT2D eigenvalue weighted by Gasteiger charge is 2.14. The molecular weight excluding hydrogens is 366 g/mol. The molecule has 0 radical (unpaired) electrons. The van der Waals surface area contributed by atoms with E-state index in [2.05, 4.69) is 20.6 Å². The number of nitrogens with one attached hydrogen (secondary N) is 2. The van der Waals surface area contributed by atoms with Crippen molar-refractivity contribution < 1.29 is 9.53 Å². The van der Waals surface area contributed by atoms with E-state index in [1.54, 1.807) is 18.3 Å². The van der Waals surface area contributed by atoms with Crippen LogP contribution in [0.25, 0.3) is 11.0 Å². The predicted molar refractivity (Wildman–Crippen MR) is 112 cm³/mol. The summed E-state index contributed by atoms with van der Waals surface area (Å²) in [7, 11) is 1.99. The average Bonchev–Trinajstić information content (AvgIpc) is 3.02. The number of hydrogen-bond acceptors (Lipinski definition) is 5. The van der Waals surface area contributed by atoms with E-state index in [9.17, 15) is 4.79 Å². The van der Waals surface area contributed by atoms with E-state index >= 15 is 0 Å². The Morgan fingerprint density at radius 2 is 2.03 bits per heavy atom. The van der Waals surface area contributed by atoms with Gasteiger partial charge in [-0.3, -0.25) is 9.78 Å². The second-order valence-electron chi connectivity index (χ2n) is 7.59. The maximum atomic E-state index is 12.5. The third kappa shape index (κ3) is 4.56. The molecule has 1 amide bonds. The van der Waals surface area contributed by atoms with E-state index in [4.69, 9.17) is 4.74 Å². The van der Waals surface area contributed by atoms with Crippen LogP contribution < -0.4 is 15.4 Å². The lowest BCUT2D eigenvalue weighted by atomic mass is 9.95. The highest BCUT2D eigenvalue weighted by Crippen LogP contribution is 2.26. The van der Waals surface area contributed by atoms with Gasteiger partial charge in [0.15, 0.2) is 0 Å². The molecule has 0 atom stereocenters. The number of pyridine rings is 1. The Kier molecular flexibility index (Phi) is 5.76. The van der Waals surface area contributed by atoms with Crippen molar-refractivity contribution in [2.45, 2.75) is 26.2 Å². The Labute approximate surface area is 170 Å². The van der Waals surface area contributed by atoms with Crippen LogP contribution in [0.1, 0.15) is 35.6 Å². The van der Waals surface area contributed by atoms with Crippen molar-refractivity contribution in [1.29, 1.82) is 0 Å². The van der Waals surface area contributed by atoms with Crippen LogP contribution in [0.3, 0.4) is 0 Å². The minimum Gasteiger partial charge on any atom is -0.457 e. The van der Waals surface area contributed by atoms with Gasteiger partial charge in [0, 0.05) is 31.9 Å². The summed E-state index contributed by atoms with van der Waals surface area (Å²) in [6, 6.07) is 9.22. The average molecular weight is 393 g/mol. The van der Waals surface area contributed by atoms with Crippen molar-refractivity contribution in [3.8, 4) is 11.5 Å². The molecule has 1 aliphatic rings. The number of nitrogens with zero attached hydrogens (tertiary/aromatic N) is 3. The summed E-state index contributed by atoms with van der Waals surface area (Å²) < 4.78 is 7.99. The van der Waals surface area contributed by atoms with Gasteiger partial charge in [-0.2, -0.15) is 0 Å². The number of aryl methyl sites for hydroxylation is 2. The van der Waals surface area contributed by atoms with Crippen LogP contribution in [0.4, 0.5) is 0 Å². The Morgan fingerprint density at radius 3 is 2.86 bits per heavy atom. The first-order valence-corrected chi connectivity index (χ1v) is 10.2. The van der Waals surface area contributed by atoms with Crippen molar-refractivity contribution in [2.24, 2.45) is 13.0 Å². The summed E-state index contributed by atoms with van der Waals surface area (Å²) in [4.78, 5) is 21.2. The lowest BCUT2D eigenvalue weighted by Crippen LogP contribution is -2.31. The summed E-state index contributed by atoms with van der Waals surface area (Å²) in [6.45, 7) is 4.79. The number of aromatic nitrogens is 3. The maximum absolute atomic E-state index is 12.5. The SMILES string of the molecule is Cc1nc2cc(Oc3ccnc(C(=O)NCCC4CCNCC4)c3)ccc2n1C. The quantitative estimate of drug-likeness (QED) is 0.672. The third-order valence-corrected chi connectivity index (χ3v) is 5.57. The van der Waals surface area contributed by atoms with Crippen LogP contribution >= 0.6 is 0 Å². The van der Waals surface area contributed by atoms with Crippen LogP contribution in [0.15, 0.2) is 36.5 Å². The number of ether oxygens (including phenoxy) is 1. The number of benzene rings is 1. The van der Waals surface area contributed by atoms with Gasteiger partial charge in [0.2, 0.25) is 0 Å². The van der Waals surface area contributed by atoms with Crippen molar-refractivity contribution in [1.82, 2.24) is 25.2 Å². The first-order valence-electron chi connectivity index (χ1n) is 10.2. The van der Waals surface area contributed by atoms with E-state index in [0.717, 1.165) is 36.4 Å². The minimum absolute atomic E-state index is 0.166. The Morgan fingerprint density at radius 1 is 1.24 bits per heavy atom. The van der Waals surface area contributed by atoms with Crippen LogP contribution in [0.5, 0.6) is 11.5 Å². The van der Waals surface area contributed by atoms with Crippen LogP contribution in [0.2, 0.25) is 0 Å². The summed E-state index contributed by atoms with van der Waals surface area (Å²) >= 11 is 0. The predicted octanol–water partition coefficient (Wildman–Crippen LogP) is 3.19. The number of rotatable bonds is 6. The molecule has 1 saturated heterocycles. The van der Waals surface area contributed by atoms with Gasteiger partial charge >= 0.3 is 0 Å². The van der Waals surface area contributed by atoms with Crippen LogP contribution in [-0.2, 0) is 7.05 Å². The zero-order valence-electron chi connectivity index (χ0n) is 16.9. The molecule has 1 fully saturated rings. The summed E-state index contributed by atoms with van der Waals surface area (Å²) in [5.74, 6) is 2.73. The molecule has 0 unspecified atom stereocenters. The lowest BCUT2D eigenvalue weighted by molar-refractivity contribution is 0.0945. The number of carbonyl (C=O) groups excluding carboxylic acids is 1. The van der Waals surface area contributed by atoms with Gasteiger partial charge < -0.3 is 19.9 Å². The fourth-order valence-electron chi connectivity index (χ4n) is 3.75. The molecule has 3 aromatic rings. The Bertz CT molecular complexity index is 1010. The lowest BCUT2D eigenvalue weighted by Gasteiger charge is -2.22. The Balaban J connectivity index is 1.38. The molecule has 0 bridgehead atoms. The first-order chi connectivity index (χ1) is 14.1. The Hall–Kier alpha value is -2.93. The number of fused-ring (bicyclic) bond motifs is 1. The molecule has 4 rings (SSSR count). The molecular formula is C22H27N5O2. The number of amides is 1. The molecule has 2 N–H and O–H groups in total. The van der Waals surface area contributed by atoms with Crippen molar-refractivity contribution >= 4 is 16.9 Å². The van der Waals surface area contributed by atoms with Crippen molar-refractivity contribution in [2.75, 3.05) is 19.6 Å². The number of piperidine rings is 1. The largest absolute Gasteiger partial charge is 0.457 e. The number of hydrogen-bond donors (Lipinski definition) is 2. The fourth-order valence-corrected chi connectivity index (χ4v) is 3.75.